The molecule has 1 heterocycles. The maximum atomic E-state index is 12.4. The van der Waals surface area contributed by atoms with E-state index in [9.17, 15) is 4.79 Å². The van der Waals surface area contributed by atoms with Crippen molar-refractivity contribution in [3.8, 4) is 0 Å². The van der Waals surface area contributed by atoms with Gasteiger partial charge in [0.15, 0.2) is 0 Å². The van der Waals surface area contributed by atoms with Gasteiger partial charge in [-0.05, 0) is 46.2 Å². The second kappa shape index (κ2) is 5.83. The fourth-order valence-electron chi connectivity index (χ4n) is 2.48. The molecule has 0 saturated carbocycles. The van der Waals surface area contributed by atoms with Crippen molar-refractivity contribution >= 4 is 5.91 Å². The van der Waals surface area contributed by atoms with Gasteiger partial charge < -0.3 is 15.4 Å². The van der Waals surface area contributed by atoms with Gasteiger partial charge in [0.25, 0.3) is 0 Å². The number of carbonyl (C=O) groups excluding carboxylic acids is 1. The van der Waals surface area contributed by atoms with Gasteiger partial charge in [-0.3, -0.25) is 4.79 Å². The zero-order valence-electron chi connectivity index (χ0n) is 11.6. The van der Waals surface area contributed by atoms with E-state index in [2.05, 4.69) is 17.6 Å². The smallest absolute Gasteiger partial charge is 0.226 e. The van der Waals surface area contributed by atoms with E-state index in [1.54, 1.807) is 7.11 Å². The Morgan fingerprint density at radius 2 is 2.00 bits per heavy atom. The van der Waals surface area contributed by atoms with Crippen LogP contribution in [0.25, 0.3) is 0 Å². The third-order valence-electron chi connectivity index (χ3n) is 3.68. The lowest BCUT2D eigenvalue weighted by molar-refractivity contribution is -0.135. The zero-order chi connectivity index (χ0) is 12.9. The minimum atomic E-state index is -0.293. The Labute approximate surface area is 104 Å². The van der Waals surface area contributed by atoms with Crippen LogP contribution in [-0.4, -0.2) is 38.3 Å². The van der Waals surface area contributed by atoms with Crippen molar-refractivity contribution < 1.29 is 9.53 Å². The summed E-state index contributed by atoms with van der Waals surface area (Å²) in [6.07, 6.45) is 2.76. The second-order valence-corrected chi connectivity index (χ2v) is 5.65. The number of nitrogens with one attached hydrogen (secondary N) is 2. The molecule has 100 valence electrons. The predicted molar refractivity (Wildman–Crippen MR) is 68.9 cm³/mol. The fraction of sp³-hybridized carbons (Fsp3) is 0.923. The Kier molecular flexibility index (Phi) is 4.95. The van der Waals surface area contributed by atoms with E-state index < -0.39 is 0 Å². The molecule has 4 heteroatoms. The first-order valence-corrected chi connectivity index (χ1v) is 6.48. The van der Waals surface area contributed by atoms with Gasteiger partial charge in [-0.15, -0.1) is 0 Å². The molecular weight excluding hydrogens is 216 g/mol. The summed E-state index contributed by atoms with van der Waals surface area (Å²) in [6, 6.07) is 0. The first kappa shape index (κ1) is 14.5. The number of hydrogen-bond acceptors (Lipinski definition) is 3. The van der Waals surface area contributed by atoms with Gasteiger partial charge in [-0.25, -0.2) is 0 Å². The summed E-state index contributed by atoms with van der Waals surface area (Å²) < 4.78 is 5.13. The molecule has 0 radical (unpaired) electrons. The molecule has 1 aliphatic rings. The number of ether oxygens (including phenoxy) is 1. The average Bonchev–Trinajstić information content (AvgIpc) is 2.29. The van der Waals surface area contributed by atoms with Crippen LogP contribution in [0.2, 0.25) is 0 Å². The normalized spacial score (nSPS) is 20.0. The van der Waals surface area contributed by atoms with Crippen LogP contribution in [0, 0.1) is 5.41 Å². The Bertz CT molecular complexity index is 258. The number of amides is 1. The van der Waals surface area contributed by atoms with E-state index in [0.717, 1.165) is 32.4 Å². The molecule has 0 unspecified atom stereocenters. The van der Waals surface area contributed by atoms with Crippen LogP contribution in [0.4, 0.5) is 0 Å². The molecule has 0 spiro atoms. The minimum absolute atomic E-state index is 0.184. The van der Waals surface area contributed by atoms with Crippen molar-refractivity contribution in [3.63, 3.8) is 0 Å². The molecule has 0 aliphatic carbocycles. The van der Waals surface area contributed by atoms with E-state index in [4.69, 9.17) is 4.74 Å². The molecule has 1 saturated heterocycles. The van der Waals surface area contributed by atoms with E-state index in [-0.39, 0.29) is 16.9 Å². The topological polar surface area (TPSA) is 50.4 Å². The van der Waals surface area contributed by atoms with Crippen molar-refractivity contribution in [2.45, 2.75) is 45.6 Å². The molecule has 17 heavy (non-hydrogen) atoms. The van der Waals surface area contributed by atoms with E-state index >= 15 is 0 Å². The molecule has 0 atom stereocenters. The van der Waals surface area contributed by atoms with Crippen molar-refractivity contribution in [2.75, 3.05) is 26.8 Å². The molecule has 0 bridgehead atoms. The predicted octanol–water partition coefficient (Wildman–Crippen LogP) is 1.31. The standard InChI is InChI=1S/C13H26N2O2/c1-5-13(6-8-14-9-7-13)11(16)15-12(2,3)10-17-4/h14H,5-10H2,1-4H3,(H,15,16). The third-order valence-corrected chi connectivity index (χ3v) is 3.68. The summed E-state index contributed by atoms with van der Waals surface area (Å²) in [7, 11) is 1.66. The number of methoxy groups -OCH3 is 1. The summed E-state index contributed by atoms with van der Waals surface area (Å²) >= 11 is 0. The van der Waals surface area contributed by atoms with Crippen molar-refractivity contribution in [1.29, 1.82) is 0 Å². The van der Waals surface area contributed by atoms with E-state index in [1.807, 2.05) is 13.8 Å². The van der Waals surface area contributed by atoms with Gasteiger partial charge in [0.05, 0.1) is 17.6 Å². The van der Waals surface area contributed by atoms with Crippen LogP contribution in [0.5, 0.6) is 0 Å². The first-order chi connectivity index (χ1) is 7.96. The summed E-state index contributed by atoms with van der Waals surface area (Å²) in [6.45, 7) is 8.51. The first-order valence-electron chi connectivity index (χ1n) is 6.48. The van der Waals surface area contributed by atoms with Crippen LogP contribution in [0.3, 0.4) is 0 Å². The van der Waals surface area contributed by atoms with Crippen molar-refractivity contribution in [3.05, 3.63) is 0 Å². The van der Waals surface area contributed by atoms with Gasteiger partial charge in [0, 0.05) is 7.11 Å². The maximum Gasteiger partial charge on any atom is 0.226 e. The molecule has 1 aliphatic heterocycles. The van der Waals surface area contributed by atoms with Crippen molar-refractivity contribution in [2.24, 2.45) is 5.41 Å². The molecule has 0 aromatic rings. The summed E-state index contributed by atoms with van der Waals surface area (Å²) in [5, 5.41) is 6.44. The Hall–Kier alpha value is -0.610. The number of carbonyl (C=O) groups is 1. The lowest BCUT2D eigenvalue weighted by Crippen LogP contribution is -2.55. The van der Waals surface area contributed by atoms with Gasteiger partial charge >= 0.3 is 0 Å². The fourth-order valence-corrected chi connectivity index (χ4v) is 2.48. The SMILES string of the molecule is CCC1(C(=O)NC(C)(C)COC)CCNCC1. The summed E-state index contributed by atoms with van der Waals surface area (Å²) in [5.74, 6) is 0.184. The minimum Gasteiger partial charge on any atom is -0.382 e. The van der Waals surface area contributed by atoms with Gasteiger partial charge in [-0.1, -0.05) is 6.92 Å². The van der Waals surface area contributed by atoms with Crippen LogP contribution in [0.15, 0.2) is 0 Å². The number of rotatable bonds is 5. The molecule has 2 N–H and O–H groups in total. The van der Waals surface area contributed by atoms with Gasteiger partial charge in [0.2, 0.25) is 5.91 Å². The highest BCUT2D eigenvalue weighted by atomic mass is 16.5. The molecule has 4 nitrogen and oxygen atoms in total. The average molecular weight is 242 g/mol. The van der Waals surface area contributed by atoms with Crippen LogP contribution < -0.4 is 10.6 Å². The molecule has 1 rings (SSSR count). The second-order valence-electron chi connectivity index (χ2n) is 5.65. The van der Waals surface area contributed by atoms with Crippen molar-refractivity contribution in [1.82, 2.24) is 10.6 Å². The highest BCUT2D eigenvalue weighted by Gasteiger charge is 2.39. The lowest BCUT2D eigenvalue weighted by Gasteiger charge is -2.38. The quantitative estimate of drug-likeness (QED) is 0.764. The van der Waals surface area contributed by atoms with Crippen LogP contribution in [-0.2, 0) is 9.53 Å². The third kappa shape index (κ3) is 3.68. The summed E-state index contributed by atoms with van der Waals surface area (Å²) in [5.41, 5.74) is -0.477. The van der Waals surface area contributed by atoms with Gasteiger partial charge in [-0.2, -0.15) is 0 Å². The van der Waals surface area contributed by atoms with Crippen LogP contribution >= 0.6 is 0 Å². The number of hydrogen-bond donors (Lipinski definition) is 2. The highest BCUT2D eigenvalue weighted by Crippen LogP contribution is 2.33. The van der Waals surface area contributed by atoms with Gasteiger partial charge in [0.1, 0.15) is 0 Å². The molecular formula is C13H26N2O2. The highest BCUT2D eigenvalue weighted by molar-refractivity contribution is 5.83. The Balaban J connectivity index is 2.66. The molecule has 0 aromatic heterocycles. The molecule has 1 amide bonds. The summed E-state index contributed by atoms with van der Waals surface area (Å²) in [4.78, 5) is 12.4. The largest absolute Gasteiger partial charge is 0.382 e. The Morgan fingerprint density at radius 1 is 1.41 bits per heavy atom. The maximum absolute atomic E-state index is 12.4. The Morgan fingerprint density at radius 3 is 2.47 bits per heavy atom. The molecule has 0 aromatic carbocycles. The van der Waals surface area contributed by atoms with E-state index in [0.29, 0.717) is 6.61 Å². The monoisotopic (exact) mass is 242 g/mol. The lowest BCUT2D eigenvalue weighted by atomic mass is 9.75. The zero-order valence-corrected chi connectivity index (χ0v) is 11.6. The van der Waals surface area contributed by atoms with Crippen LogP contribution in [0.1, 0.15) is 40.0 Å². The number of piperidine rings is 1. The van der Waals surface area contributed by atoms with E-state index in [1.165, 1.54) is 0 Å². The molecule has 1 fully saturated rings.